The van der Waals surface area contributed by atoms with E-state index in [2.05, 4.69) is 10.6 Å². The molecule has 0 saturated heterocycles. The first-order valence-corrected chi connectivity index (χ1v) is 11.4. The Morgan fingerprint density at radius 1 is 1.03 bits per heavy atom. The van der Waals surface area contributed by atoms with Gasteiger partial charge in [-0.15, -0.1) is 0 Å². The van der Waals surface area contributed by atoms with Crippen LogP contribution in [-0.4, -0.2) is 52.4 Å². The molecule has 0 bridgehead atoms. The molecule has 1 aliphatic rings. The molecule has 0 aliphatic carbocycles. The molecule has 1 aromatic heterocycles. The molecule has 0 radical (unpaired) electrons. The number of benzene rings is 2. The van der Waals surface area contributed by atoms with Crippen LogP contribution in [0.2, 0.25) is 0 Å². The number of ether oxygens (including phenoxy) is 1. The average Bonchev–Trinajstić information content (AvgIpc) is 3.30. The van der Waals surface area contributed by atoms with E-state index in [1.54, 1.807) is 12.0 Å². The van der Waals surface area contributed by atoms with Gasteiger partial charge in [0.1, 0.15) is 18.3 Å². The van der Waals surface area contributed by atoms with Gasteiger partial charge in [-0.2, -0.15) is 0 Å². The monoisotopic (exact) mass is 445 g/mol. The smallest absolute Gasteiger partial charge is 0.254 e. The van der Waals surface area contributed by atoms with Crippen LogP contribution in [0.25, 0.3) is 0 Å². The minimum absolute atomic E-state index is 0.0250. The Morgan fingerprint density at radius 3 is 2.48 bits per heavy atom. The zero-order chi connectivity index (χ0) is 23.5. The molecule has 172 valence electrons. The number of aromatic nitrogens is 1. The van der Waals surface area contributed by atoms with Crippen LogP contribution in [0.4, 0.5) is 0 Å². The van der Waals surface area contributed by atoms with Gasteiger partial charge in [0.2, 0.25) is 5.91 Å². The van der Waals surface area contributed by atoms with Crippen molar-refractivity contribution < 1.29 is 14.3 Å². The molecule has 2 aromatic carbocycles. The molecule has 33 heavy (non-hydrogen) atoms. The summed E-state index contributed by atoms with van der Waals surface area (Å²) >= 11 is 0. The zero-order valence-corrected chi connectivity index (χ0v) is 19.7. The Bertz CT molecular complexity index is 1150. The van der Waals surface area contributed by atoms with Gasteiger partial charge in [-0.3, -0.25) is 9.59 Å². The predicted octanol–water partition coefficient (Wildman–Crippen LogP) is 4.29. The molecule has 2 amide bonds. The van der Waals surface area contributed by atoms with Crippen molar-refractivity contribution in [3.8, 4) is 5.75 Å². The van der Waals surface area contributed by atoms with Crippen LogP contribution in [0.1, 0.15) is 47.1 Å². The first-order valence-electron chi connectivity index (χ1n) is 11.4. The molecule has 6 heteroatoms. The van der Waals surface area contributed by atoms with Gasteiger partial charge in [0.25, 0.3) is 5.91 Å². The Hall–Kier alpha value is -3.54. The molecule has 3 aromatic rings. The van der Waals surface area contributed by atoms with E-state index in [1.807, 2.05) is 86.5 Å². The Kier molecular flexibility index (Phi) is 6.54. The third-order valence-electron chi connectivity index (χ3n) is 6.36. The van der Waals surface area contributed by atoms with Crippen molar-refractivity contribution in [2.24, 2.45) is 0 Å². The summed E-state index contributed by atoms with van der Waals surface area (Å²) in [5.74, 6) is 0.548. The summed E-state index contributed by atoms with van der Waals surface area (Å²) in [6.45, 7) is 7.12. The quantitative estimate of drug-likeness (QED) is 0.569. The van der Waals surface area contributed by atoms with E-state index < -0.39 is 0 Å². The molecule has 0 spiro atoms. The third-order valence-corrected chi connectivity index (χ3v) is 6.36. The fourth-order valence-electron chi connectivity index (χ4n) is 4.56. The van der Waals surface area contributed by atoms with Crippen LogP contribution in [-0.2, 0) is 11.3 Å². The van der Waals surface area contributed by atoms with Gasteiger partial charge in [0.05, 0.1) is 7.11 Å². The summed E-state index contributed by atoms with van der Waals surface area (Å²) < 4.78 is 7.82. The Morgan fingerprint density at radius 2 is 1.76 bits per heavy atom. The van der Waals surface area contributed by atoms with E-state index in [9.17, 15) is 9.59 Å². The maximum absolute atomic E-state index is 13.7. The number of fused-ring (bicyclic) bond motifs is 1. The van der Waals surface area contributed by atoms with Gasteiger partial charge in [0, 0.05) is 42.1 Å². The first kappa shape index (κ1) is 22.6. The van der Waals surface area contributed by atoms with E-state index >= 15 is 0 Å². The first-order chi connectivity index (χ1) is 15.9. The lowest BCUT2D eigenvalue weighted by molar-refractivity contribution is -0.135. The summed E-state index contributed by atoms with van der Waals surface area (Å²) in [5, 5.41) is 0. The van der Waals surface area contributed by atoms with E-state index in [1.165, 1.54) is 0 Å². The highest BCUT2D eigenvalue weighted by Gasteiger charge is 2.35. The highest BCUT2D eigenvalue weighted by Crippen LogP contribution is 2.37. The van der Waals surface area contributed by atoms with Crippen LogP contribution >= 0.6 is 0 Å². The fourth-order valence-corrected chi connectivity index (χ4v) is 4.56. The molecule has 0 fully saturated rings. The predicted molar refractivity (Wildman–Crippen MR) is 128 cm³/mol. The lowest BCUT2D eigenvalue weighted by Gasteiger charge is -2.39. The summed E-state index contributed by atoms with van der Waals surface area (Å²) in [5.41, 5.74) is 3.52. The lowest BCUT2D eigenvalue weighted by atomic mass is 9.98. The Labute approximate surface area is 195 Å². The zero-order valence-electron chi connectivity index (χ0n) is 19.7. The second kappa shape index (κ2) is 9.53. The van der Waals surface area contributed by atoms with Gasteiger partial charge in [-0.1, -0.05) is 36.4 Å². The topological polar surface area (TPSA) is 54.8 Å². The van der Waals surface area contributed by atoms with Crippen molar-refractivity contribution in [1.29, 1.82) is 0 Å². The number of methoxy groups -OCH3 is 1. The number of aryl methyl sites for hydroxylation is 1. The average molecular weight is 446 g/mol. The van der Waals surface area contributed by atoms with E-state index in [-0.39, 0.29) is 30.4 Å². The standard InChI is InChI=1S/C27H31N3O3/c1-19(2)30(27(32)21-11-6-5-10-20(21)3)18-25(31)29-17-16-28-15-9-13-23(28)26(29)22-12-7-8-14-24(22)33-4/h5-15,19,26H,16-18H2,1-4H3. The minimum atomic E-state index is -0.278. The number of hydrogen-bond donors (Lipinski definition) is 0. The van der Waals surface area contributed by atoms with Crippen molar-refractivity contribution in [2.45, 2.75) is 39.4 Å². The second-order valence-corrected chi connectivity index (χ2v) is 8.70. The number of nitrogens with zero attached hydrogens (tertiary/aromatic N) is 3. The highest BCUT2D eigenvalue weighted by atomic mass is 16.5. The Balaban J connectivity index is 1.67. The number of hydrogen-bond acceptors (Lipinski definition) is 3. The van der Waals surface area contributed by atoms with Gasteiger partial charge >= 0.3 is 0 Å². The normalized spacial score (nSPS) is 15.3. The summed E-state index contributed by atoms with van der Waals surface area (Å²) in [4.78, 5) is 30.6. The number of amides is 2. The molecule has 1 unspecified atom stereocenters. The van der Waals surface area contributed by atoms with Gasteiger partial charge in [-0.25, -0.2) is 0 Å². The molecule has 0 N–H and O–H groups in total. The van der Waals surface area contributed by atoms with E-state index in [4.69, 9.17) is 4.74 Å². The van der Waals surface area contributed by atoms with Gasteiger partial charge < -0.3 is 19.1 Å². The molecule has 0 saturated carbocycles. The molecule has 2 heterocycles. The third kappa shape index (κ3) is 4.38. The van der Waals surface area contributed by atoms with Crippen LogP contribution in [0.3, 0.4) is 0 Å². The summed E-state index contributed by atoms with van der Waals surface area (Å²) in [7, 11) is 1.65. The van der Waals surface area contributed by atoms with Crippen molar-refractivity contribution in [3.05, 3.63) is 89.2 Å². The maximum Gasteiger partial charge on any atom is 0.254 e. The molecule has 4 rings (SSSR count). The van der Waals surface area contributed by atoms with Crippen LogP contribution in [0, 0.1) is 6.92 Å². The van der Waals surface area contributed by atoms with Gasteiger partial charge in [-0.05, 0) is 50.6 Å². The highest BCUT2D eigenvalue weighted by molar-refractivity contribution is 5.98. The number of rotatable bonds is 6. The second-order valence-electron chi connectivity index (χ2n) is 8.70. The summed E-state index contributed by atoms with van der Waals surface area (Å²) in [6.07, 6.45) is 2.04. The summed E-state index contributed by atoms with van der Waals surface area (Å²) in [6, 6.07) is 19.0. The van der Waals surface area contributed by atoms with E-state index in [0.29, 0.717) is 18.7 Å². The van der Waals surface area contributed by atoms with Crippen LogP contribution < -0.4 is 4.74 Å². The van der Waals surface area contributed by atoms with Crippen molar-refractivity contribution in [1.82, 2.24) is 14.4 Å². The molecule has 6 nitrogen and oxygen atoms in total. The number of carbonyl (C=O) groups excluding carboxylic acids is 2. The largest absolute Gasteiger partial charge is 0.496 e. The van der Waals surface area contributed by atoms with Gasteiger partial charge in [0.15, 0.2) is 0 Å². The van der Waals surface area contributed by atoms with Crippen molar-refractivity contribution in [2.75, 3.05) is 20.2 Å². The maximum atomic E-state index is 13.7. The van der Waals surface area contributed by atoms with Crippen molar-refractivity contribution in [3.63, 3.8) is 0 Å². The lowest BCUT2D eigenvalue weighted by Crippen LogP contribution is -2.49. The number of carbonyl (C=O) groups is 2. The van der Waals surface area contributed by atoms with Crippen molar-refractivity contribution >= 4 is 11.8 Å². The molecule has 1 atom stereocenters. The SMILES string of the molecule is COc1ccccc1C1c2cccn2CCN1C(=O)CN(C(=O)c1ccccc1C)C(C)C. The number of para-hydroxylation sites is 1. The molecular formula is C27H31N3O3. The molecule has 1 aliphatic heterocycles. The molecular weight excluding hydrogens is 414 g/mol. The van der Waals surface area contributed by atoms with Crippen LogP contribution in [0.15, 0.2) is 66.9 Å². The fraction of sp³-hybridized carbons (Fsp3) is 0.333. The van der Waals surface area contributed by atoms with Crippen LogP contribution in [0.5, 0.6) is 5.75 Å². The van der Waals surface area contributed by atoms with E-state index in [0.717, 1.165) is 22.6 Å². The minimum Gasteiger partial charge on any atom is -0.496 e.